The fourth-order valence-corrected chi connectivity index (χ4v) is 3.24. The zero-order chi connectivity index (χ0) is 21.6. The molecule has 6 N–H and O–H groups in total. The normalized spacial score (nSPS) is 12.7. The SMILES string of the molecule is NCCC[C@@H](N)C(=O)N[C@H](CCc1ccccc1)C(=O)NCCCc1ccccc1. The molecule has 0 aliphatic heterocycles. The summed E-state index contributed by atoms with van der Waals surface area (Å²) in [4.78, 5) is 25.2. The third-order valence-electron chi connectivity index (χ3n) is 5.04. The lowest BCUT2D eigenvalue weighted by atomic mass is 10.0. The predicted molar refractivity (Wildman–Crippen MR) is 121 cm³/mol. The van der Waals surface area contributed by atoms with E-state index in [0.717, 1.165) is 18.4 Å². The Morgan fingerprint density at radius 1 is 0.800 bits per heavy atom. The van der Waals surface area contributed by atoms with E-state index in [-0.39, 0.29) is 11.8 Å². The zero-order valence-corrected chi connectivity index (χ0v) is 17.6. The Kier molecular flexibility index (Phi) is 10.6. The molecule has 162 valence electrons. The highest BCUT2D eigenvalue weighted by Crippen LogP contribution is 2.07. The average Bonchev–Trinajstić information content (AvgIpc) is 2.78. The fourth-order valence-electron chi connectivity index (χ4n) is 3.24. The highest BCUT2D eigenvalue weighted by molar-refractivity contribution is 5.89. The molecule has 2 aromatic rings. The second-order valence-electron chi connectivity index (χ2n) is 7.50. The minimum absolute atomic E-state index is 0.168. The Hall–Kier alpha value is -2.70. The molecule has 30 heavy (non-hydrogen) atoms. The number of benzene rings is 2. The van der Waals surface area contributed by atoms with Gasteiger partial charge >= 0.3 is 0 Å². The van der Waals surface area contributed by atoms with Gasteiger partial charge in [0.2, 0.25) is 11.8 Å². The van der Waals surface area contributed by atoms with Crippen molar-refractivity contribution in [3.63, 3.8) is 0 Å². The number of carbonyl (C=O) groups excluding carboxylic acids is 2. The van der Waals surface area contributed by atoms with Crippen molar-refractivity contribution in [1.82, 2.24) is 10.6 Å². The molecule has 0 radical (unpaired) electrons. The summed E-state index contributed by atoms with van der Waals surface area (Å²) in [7, 11) is 0. The van der Waals surface area contributed by atoms with Crippen molar-refractivity contribution in [3.8, 4) is 0 Å². The molecule has 0 saturated heterocycles. The number of carbonyl (C=O) groups is 2. The van der Waals surface area contributed by atoms with Crippen molar-refractivity contribution >= 4 is 11.8 Å². The van der Waals surface area contributed by atoms with E-state index in [1.54, 1.807) is 0 Å². The monoisotopic (exact) mass is 410 g/mol. The summed E-state index contributed by atoms with van der Waals surface area (Å²) >= 11 is 0. The predicted octanol–water partition coefficient (Wildman–Crippen LogP) is 1.92. The molecule has 0 fully saturated rings. The van der Waals surface area contributed by atoms with Gasteiger partial charge in [-0.05, 0) is 56.2 Å². The highest BCUT2D eigenvalue weighted by atomic mass is 16.2. The molecule has 6 nitrogen and oxygen atoms in total. The van der Waals surface area contributed by atoms with Crippen LogP contribution in [0.3, 0.4) is 0 Å². The molecule has 0 saturated carbocycles. The third kappa shape index (κ3) is 8.76. The number of rotatable bonds is 13. The minimum Gasteiger partial charge on any atom is -0.354 e. The molecule has 2 amide bonds. The number of aryl methyl sites for hydroxylation is 2. The Labute approximate surface area is 179 Å². The van der Waals surface area contributed by atoms with Crippen LogP contribution in [0.4, 0.5) is 0 Å². The van der Waals surface area contributed by atoms with Gasteiger partial charge in [-0.15, -0.1) is 0 Å². The maximum Gasteiger partial charge on any atom is 0.242 e. The first-order chi connectivity index (χ1) is 14.6. The molecular weight excluding hydrogens is 376 g/mol. The van der Waals surface area contributed by atoms with Crippen molar-refractivity contribution < 1.29 is 9.59 Å². The van der Waals surface area contributed by atoms with Crippen LogP contribution in [-0.2, 0) is 22.4 Å². The van der Waals surface area contributed by atoms with Crippen molar-refractivity contribution in [3.05, 3.63) is 71.8 Å². The first-order valence-corrected chi connectivity index (χ1v) is 10.7. The summed E-state index contributed by atoms with van der Waals surface area (Å²) in [5, 5.41) is 5.80. The first-order valence-electron chi connectivity index (χ1n) is 10.7. The smallest absolute Gasteiger partial charge is 0.242 e. The summed E-state index contributed by atoms with van der Waals surface area (Å²) in [6.07, 6.45) is 4.13. The molecule has 2 rings (SSSR count). The van der Waals surface area contributed by atoms with E-state index in [1.807, 2.05) is 48.5 Å². The van der Waals surface area contributed by atoms with Crippen LogP contribution < -0.4 is 22.1 Å². The Balaban J connectivity index is 1.87. The molecular formula is C24H34N4O2. The van der Waals surface area contributed by atoms with E-state index in [0.29, 0.717) is 38.8 Å². The van der Waals surface area contributed by atoms with Crippen molar-refractivity contribution in [1.29, 1.82) is 0 Å². The van der Waals surface area contributed by atoms with Crippen LogP contribution in [0, 0.1) is 0 Å². The molecule has 0 spiro atoms. The number of nitrogens with two attached hydrogens (primary N) is 2. The van der Waals surface area contributed by atoms with Gasteiger partial charge in [0.05, 0.1) is 6.04 Å². The molecule has 0 bridgehead atoms. The number of hydrogen-bond donors (Lipinski definition) is 4. The third-order valence-corrected chi connectivity index (χ3v) is 5.04. The van der Waals surface area contributed by atoms with Gasteiger partial charge in [0.1, 0.15) is 6.04 Å². The van der Waals surface area contributed by atoms with Gasteiger partial charge < -0.3 is 22.1 Å². The van der Waals surface area contributed by atoms with Crippen LogP contribution in [0.2, 0.25) is 0 Å². The molecule has 0 unspecified atom stereocenters. The van der Waals surface area contributed by atoms with Gasteiger partial charge in [-0.1, -0.05) is 60.7 Å². The van der Waals surface area contributed by atoms with Crippen molar-refractivity contribution in [2.75, 3.05) is 13.1 Å². The summed E-state index contributed by atoms with van der Waals surface area (Å²) < 4.78 is 0. The Morgan fingerprint density at radius 3 is 2.00 bits per heavy atom. The van der Waals surface area contributed by atoms with Crippen LogP contribution in [0.1, 0.15) is 36.8 Å². The van der Waals surface area contributed by atoms with Crippen LogP contribution in [-0.4, -0.2) is 37.0 Å². The lowest BCUT2D eigenvalue weighted by Crippen LogP contribution is -2.52. The van der Waals surface area contributed by atoms with Crippen LogP contribution >= 0.6 is 0 Å². The molecule has 0 aromatic heterocycles. The second kappa shape index (κ2) is 13.5. The largest absolute Gasteiger partial charge is 0.354 e. The van der Waals surface area contributed by atoms with E-state index in [2.05, 4.69) is 22.8 Å². The van der Waals surface area contributed by atoms with E-state index < -0.39 is 12.1 Å². The van der Waals surface area contributed by atoms with Gasteiger partial charge in [0.15, 0.2) is 0 Å². The van der Waals surface area contributed by atoms with Gasteiger partial charge in [-0.2, -0.15) is 0 Å². The molecule has 2 atom stereocenters. The standard InChI is InChI=1S/C24H34N4O2/c25-17-7-14-21(26)23(29)28-22(16-15-20-11-5-2-6-12-20)24(30)27-18-8-13-19-9-3-1-4-10-19/h1-6,9-12,21-22H,7-8,13-18,25-26H2,(H,27,30)(H,28,29)/t21-,22-/m1/s1. The summed E-state index contributed by atoms with van der Waals surface area (Å²) in [5.41, 5.74) is 13.8. The second-order valence-corrected chi connectivity index (χ2v) is 7.50. The maximum absolute atomic E-state index is 12.8. The van der Waals surface area contributed by atoms with E-state index >= 15 is 0 Å². The Bertz CT molecular complexity index is 752. The Morgan fingerprint density at radius 2 is 1.40 bits per heavy atom. The van der Waals surface area contributed by atoms with Gasteiger partial charge in [0.25, 0.3) is 0 Å². The quantitative estimate of drug-likeness (QED) is 0.378. The van der Waals surface area contributed by atoms with Crippen LogP contribution in [0.5, 0.6) is 0 Å². The van der Waals surface area contributed by atoms with Crippen molar-refractivity contribution in [2.45, 2.75) is 50.6 Å². The number of amides is 2. The number of hydrogen-bond acceptors (Lipinski definition) is 4. The average molecular weight is 411 g/mol. The molecule has 2 aromatic carbocycles. The molecule has 0 heterocycles. The molecule has 6 heteroatoms. The van der Waals surface area contributed by atoms with E-state index in [1.165, 1.54) is 5.56 Å². The van der Waals surface area contributed by atoms with E-state index in [9.17, 15) is 9.59 Å². The zero-order valence-electron chi connectivity index (χ0n) is 17.6. The first kappa shape index (κ1) is 23.6. The van der Waals surface area contributed by atoms with Crippen LogP contribution in [0.15, 0.2) is 60.7 Å². The lowest BCUT2D eigenvalue weighted by Gasteiger charge is -2.21. The minimum atomic E-state index is -0.654. The van der Waals surface area contributed by atoms with Gasteiger partial charge in [-0.25, -0.2) is 0 Å². The van der Waals surface area contributed by atoms with E-state index in [4.69, 9.17) is 11.5 Å². The maximum atomic E-state index is 12.8. The summed E-state index contributed by atoms with van der Waals surface area (Å²) in [5.74, 6) is -0.473. The fraction of sp³-hybridized carbons (Fsp3) is 0.417. The topological polar surface area (TPSA) is 110 Å². The molecule has 0 aliphatic carbocycles. The highest BCUT2D eigenvalue weighted by Gasteiger charge is 2.23. The van der Waals surface area contributed by atoms with Gasteiger partial charge in [-0.3, -0.25) is 9.59 Å². The van der Waals surface area contributed by atoms with Crippen molar-refractivity contribution in [2.24, 2.45) is 11.5 Å². The number of nitrogens with one attached hydrogen (secondary N) is 2. The summed E-state index contributed by atoms with van der Waals surface area (Å²) in [6.45, 7) is 1.05. The molecule has 0 aliphatic rings. The van der Waals surface area contributed by atoms with Gasteiger partial charge in [0, 0.05) is 6.54 Å². The van der Waals surface area contributed by atoms with Crippen LogP contribution in [0.25, 0.3) is 0 Å². The summed E-state index contributed by atoms with van der Waals surface area (Å²) in [6, 6.07) is 18.8. The lowest BCUT2D eigenvalue weighted by molar-refractivity contribution is -0.129.